The third-order valence-corrected chi connectivity index (χ3v) is 5.51. The molecule has 2 aromatic rings. The Morgan fingerprint density at radius 1 is 1.31 bits per heavy atom. The maximum atomic E-state index is 12.3. The van der Waals surface area contributed by atoms with Gasteiger partial charge in [0.1, 0.15) is 0 Å². The summed E-state index contributed by atoms with van der Waals surface area (Å²) in [5.41, 5.74) is 1.55. The van der Waals surface area contributed by atoms with E-state index in [-0.39, 0.29) is 12.5 Å². The van der Waals surface area contributed by atoms with Crippen LogP contribution in [0.4, 0.5) is 15.6 Å². The molecule has 0 saturated carbocycles. The van der Waals surface area contributed by atoms with Crippen LogP contribution < -0.4 is 10.6 Å². The van der Waals surface area contributed by atoms with Crippen molar-refractivity contribution in [3.8, 4) is 0 Å². The van der Waals surface area contributed by atoms with Crippen LogP contribution in [0.3, 0.4) is 0 Å². The van der Waals surface area contributed by atoms with Crippen LogP contribution in [0.15, 0.2) is 18.2 Å². The molecule has 0 fully saturated rings. The molecule has 3 rings (SSSR count). The Bertz CT molecular complexity index is 843. The molecule has 0 aliphatic carbocycles. The van der Waals surface area contributed by atoms with E-state index in [2.05, 4.69) is 20.4 Å². The molecular formula is C16H16Cl2N4O3S. The maximum absolute atomic E-state index is 12.3. The van der Waals surface area contributed by atoms with Gasteiger partial charge < -0.3 is 10.1 Å². The zero-order valence-corrected chi connectivity index (χ0v) is 16.2. The third-order valence-electron chi connectivity index (χ3n) is 3.78. The fourth-order valence-electron chi connectivity index (χ4n) is 2.55. The number of carbonyl (C=O) groups excluding carboxylic acids is 2. The highest BCUT2D eigenvalue weighted by molar-refractivity contribution is 7.15. The van der Waals surface area contributed by atoms with E-state index in [0.29, 0.717) is 34.0 Å². The number of halogens is 2. The monoisotopic (exact) mass is 414 g/mol. The summed E-state index contributed by atoms with van der Waals surface area (Å²) in [5.74, 6) is -0.135. The lowest BCUT2D eigenvalue weighted by Gasteiger charge is -2.25. The van der Waals surface area contributed by atoms with E-state index in [1.807, 2.05) is 4.90 Å². The summed E-state index contributed by atoms with van der Waals surface area (Å²) >= 11 is 13.2. The zero-order chi connectivity index (χ0) is 18.7. The summed E-state index contributed by atoms with van der Waals surface area (Å²) in [7, 11) is 1.30. The second-order valence-corrected chi connectivity index (χ2v) is 7.54. The molecule has 1 aliphatic heterocycles. The Hall–Kier alpha value is -1.87. The van der Waals surface area contributed by atoms with Crippen LogP contribution in [0.2, 0.25) is 10.0 Å². The largest absolute Gasteiger partial charge is 0.453 e. The fourth-order valence-corrected chi connectivity index (χ4v) is 3.89. The molecular weight excluding hydrogens is 399 g/mol. The van der Waals surface area contributed by atoms with E-state index in [4.69, 9.17) is 23.2 Å². The summed E-state index contributed by atoms with van der Waals surface area (Å²) in [6.07, 6.45) is 0.170. The van der Waals surface area contributed by atoms with E-state index in [1.165, 1.54) is 18.4 Å². The van der Waals surface area contributed by atoms with Crippen molar-refractivity contribution in [2.75, 3.05) is 30.8 Å². The smallest absolute Gasteiger partial charge is 0.413 e. The summed E-state index contributed by atoms with van der Waals surface area (Å²) < 4.78 is 4.57. The van der Waals surface area contributed by atoms with Gasteiger partial charge in [0, 0.05) is 30.1 Å². The third kappa shape index (κ3) is 4.64. The molecule has 7 nitrogen and oxygen atoms in total. The number of thiazole rings is 1. The average molecular weight is 415 g/mol. The number of amides is 2. The van der Waals surface area contributed by atoms with Crippen LogP contribution in [0.25, 0.3) is 0 Å². The number of rotatable bonds is 4. The summed E-state index contributed by atoms with van der Waals surface area (Å²) in [6, 6.07) is 4.96. The molecule has 1 aromatic heterocycles. The lowest BCUT2D eigenvalue weighted by molar-refractivity contribution is -0.117. The lowest BCUT2D eigenvalue weighted by atomic mass is 10.2. The van der Waals surface area contributed by atoms with Crippen LogP contribution in [-0.2, 0) is 22.5 Å². The van der Waals surface area contributed by atoms with Crippen molar-refractivity contribution in [1.82, 2.24) is 9.88 Å². The van der Waals surface area contributed by atoms with Crippen molar-refractivity contribution >= 4 is 57.4 Å². The molecule has 0 spiro atoms. The highest BCUT2D eigenvalue weighted by atomic mass is 35.5. The number of nitrogens with zero attached hydrogens (tertiary/aromatic N) is 2. The van der Waals surface area contributed by atoms with E-state index in [1.54, 1.807) is 18.2 Å². The minimum atomic E-state index is -0.547. The number of anilines is 2. The van der Waals surface area contributed by atoms with Gasteiger partial charge in [-0.05, 0) is 18.2 Å². The first-order chi connectivity index (χ1) is 12.4. The fraction of sp³-hybridized carbons (Fsp3) is 0.312. The Balaban J connectivity index is 1.57. The zero-order valence-electron chi connectivity index (χ0n) is 13.8. The predicted molar refractivity (Wildman–Crippen MR) is 102 cm³/mol. The van der Waals surface area contributed by atoms with Gasteiger partial charge in [-0.15, -0.1) is 0 Å². The van der Waals surface area contributed by atoms with E-state index < -0.39 is 6.09 Å². The van der Waals surface area contributed by atoms with E-state index in [9.17, 15) is 9.59 Å². The van der Waals surface area contributed by atoms with Crippen molar-refractivity contribution < 1.29 is 14.3 Å². The number of hydrogen-bond acceptors (Lipinski definition) is 6. The molecule has 2 heterocycles. The second kappa shape index (κ2) is 8.22. The molecule has 1 aliphatic rings. The quantitative estimate of drug-likeness (QED) is 0.797. The number of ether oxygens (including phenoxy) is 1. The molecule has 0 saturated heterocycles. The Labute approximate surface area is 164 Å². The van der Waals surface area contributed by atoms with Gasteiger partial charge in [-0.3, -0.25) is 15.0 Å². The minimum absolute atomic E-state index is 0.135. The molecule has 2 N–H and O–H groups in total. The lowest BCUT2D eigenvalue weighted by Crippen LogP contribution is -2.36. The maximum Gasteiger partial charge on any atom is 0.413 e. The normalized spacial score (nSPS) is 13.8. The van der Waals surface area contributed by atoms with Crippen molar-refractivity contribution in [2.24, 2.45) is 0 Å². The van der Waals surface area contributed by atoms with Crippen molar-refractivity contribution in [3.05, 3.63) is 38.8 Å². The van der Waals surface area contributed by atoms with Gasteiger partial charge in [-0.25, -0.2) is 9.78 Å². The van der Waals surface area contributed by atoms with Crippen LogP contribution >= 0.6 is 34.5 Å². The molecule has 1 aromatic carbocycles. The number of fused-ring (bicyclic) bond motifs is 1. The molecule has 0 bridgehead atoms. The van der Waals surface area contributed by atoms with Crippen molar-refractivity contribution in [2.45, 2.75) is 13.0 Å². The molecule has 26 heavy (non-hydrogen) atoms. The first-order valence-corrected chi connectivity index (χ1v) is 9.32. The second-order valence-electron chi connectivity index (χ2n) is 5.64. The van der Waals surface area contributed by atoms with Gasteiger partial charge in [-0.1, -0.05) is 34.5 Å². The highest BCUT2D eigenvalue weighted by Crippen LogP contribution is 2.28. The average Bonchev–Trinajstić information content (AvgIpc) is 2.99. The number of methoxy groups -OCH3 is 1. The van der Waals surface area contributed by atoms with E-state index in [0.717, 1.165) is 17.0 Å². The molecule has 0 atom stereocenters. The van der Waals surface area contributed by atoms with E-state index >= 15 is 0 Å². The van der Waals surface area contributed by atoms with Crippen LogP contribution in [0.1, 0.15) is 10.6 Å². The molecule has 138 valence electrons. The Morgan fingerprint density at radius 2 is 2.12 bits per heavy atom. The first kappa shape index (κ1) is 18.9. The number of nitrogens with one attached hydrogen (secondary N) is 2. The van der Waals surface area contributed by atoms with Crippen LogP contribution in [-0.4, -0.2) is 42.1 Å². The number of carbonyl (C=O) groups is 2. The summed E-state index contributed by atoms with van der Waals surface area (Å²) in [4.78, 5) is 31.0. The van der Waals surface area contributed by atoms with Crippen LogP contribution in [0.5, 0.6) is 0 Å². The Kier molecular flexibility index (Phi) is 5.98. The molecule has 0 unspecified atom stereocenters. The van der Waals surface area contributed by atoms with Gasteiger partial charge in [0.25, 0.3) is 0 Å². The Morgan fingerprint density at radius 3 is 2.85 bits per heavy atom. The topological polar surface area (TPSA) is 83.6 Å². The predicted octanol–water partition coefficient (Wildman–Crippen LogP) is 3.63. The van der Waals surface area contributed by atoms with Crippen LogP contribution in [0, 0.1) is 0 Å². The number of aromatic nitrogens is 1. The number of benzene rings is 1. The standard InChI is InChI=1S/C16H16Cl2N4O3S/c1-25-16(24)21-15-20-12-4-5-22(7-13(12)26-15)8-14(23)19-9-2-3-10(17)11(18)6-9/h2-3,6H,4-5,7-8H2,1H3,(H,19,23)(H,20,21,24). The summed E-state index contributed by atoms with van der Waals surface area (Å²) in [5, 5.41) is 6.72. The molecule has 0 radical (unpaired) electrons. The highest BCUT2D eigenvalue weighted by Gasteiger charge is 2.23. The molecule has 10 heteroatoms. The number of hydrogen-bond donors (Lipinski definition) is 2. The van der Waals surface area contributed by atoms with Crippen molar-refractivity contribution in [3.63, 3.8) is 0 Å². The van der Waals surface area contributed by atoms with Gasteiger partial charge in [0.15, 0.2) is 5.13 Å². The van der Waals surface area contributed by atoms with Gasteiger partial charge >= 0.3 is 6.09 Å². The first-order valence-electron chi connectivity index (χ1n) is 7.75. The van der Waals surface area contributed by atoms with Gasteiger partial charge in [0.05, 0.1) is 29.4 Å². The van der Waals surface area contributed by atoms with Gasteiger partial charge in [0.2, 0.25) is 5.91 Å². The summed E-state index contributed by atoms with van der Waals surface area (Å²) in [6.45, 7) is 1.56. The SMILES string of the molecule is COC(=O)Nc1nc2c(s1)CN(CC(=O)Nc1ccc(Cl)c(Cl)c1)CC2. The van der Waals surface area contributed by atoms with Gasteiger partial charge in [-0.2, -0.15) is 0 Å². The molecule has 2 amide bonds. The minimum Gasteiger partial charge on any atom is -0.453 e. The van der Waals surface area contributed by atoms with Crippen molar-refractivity contribution in [1.29, 1.82) is 0 Å².